The Hall–Kier alpha value is -3.86. The number of alkyl carbamates (subject to hydrolysis) is 1. The van der Waals surface area contributed by atoms with Crippen LogP contribution < -0.4 is 5.32 Å². The lowest BCUT2D eigenvalue weighted by atomic mass is 10.0. The number of hydrogen-bond acceptors (Lipinski definition) is 3. The molecule has 0 radical (unpaired) electrons. The van der Waals surface area contributed by atoms with Gasteiger partial charge < -0.3 is 15.0 Å². The number of rotatable bonds is 7. The van der Waals surface area contributed by atoms with Gasteiger partial charge in [0.25, 0.3) is 0 Å². The first-order valence-corrected chi connectivity index (χ1v) is 11.2. The van der Waals surface area contributed by atoms with Crippen molar-refractivity contribution in [2.45, 2.75) is 39.8 Å². The molecular formula is C28H30N2O3. The standard InChI is InChI=1S/C26H24N2O3.C2H6/c1-18(29)25(14-19-8-4-2-5-9-19)28-26(30)31-17-23-16-22-15-21(12-13-24(22)27-23)20-10-6-3-7-11-20;1-2/h2-13,15-16,25,27H,14,17H2,1H3,(H,28,30);1-2H3. The summed E-state index contributed by atoms with van der Waals surface area (Å²) in [5.74, 6) is -0.111. The molecule has 1 atom stereocenters. The van der Waals surface area contributed by atoms with Crippen LogP contribution in [0.2, 0.25) is 0 Å². The highest BCUT2D eigenvalue weighted by molar-refractivity contribution is 5.86. The summed E-state index contributed by atoms with van der Waals surface area (Å²) < 4.78 is 5.36. The summed E-state index contributed by atoms with van der Waals surface area (Å²) in [6.07, 6.45) is -0.181. The molecule has 0 saturated heterocycles. The van der Waals surface area contributed by atoms with Crippen molar-refractivity contribution in [3.63, 3.8) is 0 Å². The van der Waals surface area contributed by atoms with Gasteiger partial charge in [0.1, 0.15) is 6.61 Å². The first kappa shape index (κ1) is 23.8. The van der Waals surface area contributed by atoms with E-state index in [0.717, 1.165) is 33.3 Å². The molecule has 5 heteroatoms. The Morgan fingerprint density at radius 1 is 0.879 bits per heavy atom. The lowest BCUT2D eigenvalue weighted by Crippen LogP contribution is -2.41. The number of aromatic nitrogens is 1. The summed E-state index contributed by atoms with van der Waals surface area (Å²) >= 11 is 0. The van der Waals surface area contributed by atoms with Crippen molar-refractivity contribution in [1.82, 2.24) is 10.3 Å². The molecule has 3 aromatic carbocycles. The monoisotopic (exact) mass is 442 g/mol. The van der Waals surface area contributed by atoms with E-state index in [1.54, 1.807) is 0 Å². The van der Waals surface area contributed by atoms with Crippen LogP contribution >= 0.6 is 0 Å². The van der Waals surface area contributed by atoms with Gasteiger partial charge in [-0.3, -0.25) is 4.79 Å². The van der Waals surface area contributed by atoms with E-state index in [0.29, 0.717) is 6.42 Å². The normalized spacial score (nSPS) is 11.2. The summed E-state index contributed by atoms with van der Waals surface area (Å²) in [5.41, 5.74) is 5.02. The number of ketones is 1. The molecule has 0 aliphatic heterocycles. The molecule has 4 rings (SSSR count). The molecule has 170 valence electrons. The molecule has 0 fully saturated rings. The SMILES string of the molecule is CC.CC(=O)C(Cc1ccccc1)NC(=O)OCc1cc2cc(-c3ccccc3)ccc2[nH]1. The molecule has 0 aliphatic rings. The van der Waals surface area contributed by atoms with Crippen LogP contribution in [0, 0.1) is 0 Å². The zero-order valence-corrected chi connectivity index (χ0v) is 19.3. The Balaban J connectivity index is 0.00000149. The van der Waals surface area contributed by atoms with Crippen molar-refractivity contribution in [3.8, 4) is 11.1 Å². The number of amides is 1. The Bertz CT molecular complexity index is 1180. The van der Waals surface area contributed by atoms with Crippen LogP contribution in [0.25, 0.3) is 22.0 Å². The van der Waals surface area contributed by atoms with Gasteiger partial charge in [0.15, 0.2) is 5.78 Å². The topological polar surface area (TPSA) is 71.2 Å². The number of Topliss-reactive ketones (excluding diaryl/α,β-unsaturated/α-hetero) is 1. The highest BCUT2D eigenvalue weighted by Crippen LogP contribution is 2.25. The molecule has 1 heterocycles. The molecule has 0 aliphatic carbocycles. The van der Waals surface area contributed by atoms with Gasteiger partial charge in [-0.1, -0.05) is 80.6 Å². The summed E-state index contributed by atoms with van der Waals surface area (Å²) in [5, 5.41) is 3.72. The third-order valence-corrected chi connectivity index (χ3v) is 5.21. The van der Waals surface area contributed by atoms with E-state index >= 15 is 0 Å². The third kappa shape index (κ3) is 6.56. The smallest absolute Gasteiger partial charge is 0.408 e. The maximum absolute atomic E-state index is 12.3. The summed E-state index contributed by atoms with van der Waals surface area (Å²) in [6.45, 7) is 5.56. The molecular weight excluding hydrogens is 412 g/mol. The first-order chi connectivity index (χ1) is 16.1. The number of hydrogen-bond donors (Lipinski definition) is 2. The number of benzene rings is 3. The van der Waals surface area contributed by atoms with Crippen molar-refractivity contribution in [2.75, 3.05) is 0 Å². The number of H-pyrrole nitrogens is 1. The Labute approximate surface area is 194 Å². The molecule has 4 aromatic rings. The summed E-state index contributed by atoms with van der Waals surface area (Å²) in [6, 6.07) is 27.3. The van der Waals surface area contributed by atoms with E-state index in [1.165, 1.54) is 6.92 Å². The summed E-state index contributed by atoms with van der Waals surface area (Å²) in [4.78, 5) is 27.5. The summed E-state index contributed by atoms with van der Waals surface area (Å²) in [7, 11) is 0. The second-order valence-electron chi connectivity index (χ2n) is 7.54. The van der Waals surface area contributed by atoms with Gasteiger partial charge in [-0.25, -0.2) is 4.79 Å². The largest absolute Gasteiger partial charge is 0.443 e. The van der Waals surface area contributed by atoms with Gasteiger partial charge in [-0.05, 0) is 48.2 Å². The second kappa shape index (κ2) is 11.7. The predicted octanol–water partition coefficient (Wildman–Crippen LogP) is 6.29. The van der Waals surface area contributed by atoms with E-state index in [1.807, 2.05) is 74.5 Å². The lowest BCUT2D eigenvalue weighted by molar-refractivity contribution is -0.118. The second-order valence-corrected chi connectivity index (χ2v) is 7.54. The first-order valence-electron chi connectivity index (χ1n) is 11.2. The van der Waals surface area contributed by atoms with Gasteiger partial charge >= 0.3 is 6.09 Å². The molecule has 1 aromatic heterocycles. The number of ether oxygens (including phenoxy) is 1. The average molecular weight is 443 g/mol. The van der Waals surface area contributed by atoms with Gasteiger partial charge in [0.2, 0.25) is 0 Å². The zero-order valence-electron chi connectivity index (χ0n) is 19.3. The maximum Gasteiger partial charge on any atom is 0.408 e. The average Bonchev–Trinajstić information content (AvgIpc) is 3.27. The number of aromatic amines is 1. The minimum atomic E-state index is -0.619. The van der Waals surface area contributed by atoms with Gasteiger partial charge in [0, 0.05) is 10.9 Å². The van der Waals surface area contributed by atoms with Crippen molar-refractivity contribution >= 4 is 22.8 Å². The van der Waals surface area contributed by atoms with Gasteiger partial charge in [0.05, 0.1) is 11.7 Å². The van der Waals surface area contributed by atoms with Crippen LogP contribution in [-0.2, 0) is 22.6 Å². The molecule has 1 amide bonds. The molecule has 0 spiro atoms. The van der Waals surface area contributed by atoms with E-state index in [-0.39, 0.29) is 12.4 Å². The Morgan fingerprint density at radius 3 is 2.21 bits per heavy atom. The fourth-order valence-electron chi connectivity index (χ4n) is 3.55. The number of fused-ring (bicyclic) bond motifs is 1. The van der Waals surface area contributed by atoms with Crippen LogP contribution in [0.4, 0.5) is 4.79 Å². The molecule has 0 saturated carbocycles. The number of carbonyl (C=O) groups is 2. The molecule has 1 unspecified atom stereocenters. The van der Waals surface area contributed by atoms with Crippen molar-refractivity contribution in [2.24, 2.45) is 0 Å². The quantitative estimate of drug-likeness (QED) is 0.353. The molecule has 2 N–H and O–H groups in total. The van der Waals surface area contributed by atoms with Crippen LogP contribution in [0.5, 0.6) is 0 Å². The number of nitrogens with one attached hydrogen (secondary N) is 2. The van der Waals surface area contributed by atoms with Crippen LogP contribution in [0.1, 0.15) is 32.0 Å². The minimum Gasteiger partial charge on any atom is -0.443 e. The third-order valence-electron chi connectivity index (χ3n) is 5.21. The van der Waals surface area contributed by atoms with E-state index in [2.05, 4.69) is 34.6 Å². The van der Waals surface area contributed by atoms with E-state index in [9.17, 15) is 9.59 Å². The van der Waals surface area contributed by atoms with Crippen LogP contribution in [0.15, 0.2) is 84.9 Å². The van der Waals surface area contributed by atoms with Crippen molar-refractivity contribution in [3.05, 3.63) is 96.2 Å². The van der Waals surface area contributed by atoms with Crippen molar-refractivity contribution < 1.29 is 14.3 Å². The van der Waals surface area contributed by atoms with Crippen LogP contribution in [-0.4, -0.2) is 22.9 Å². The fraction of sp³-hybridized carbons (Fsp3) is 0.214. The predicted molar refractivity (Wildman–Crippen MR) is 133 cm³/mol. The number of carbonyl (C=O) groups excluding carboxylic acids is 2. The van der Waals surface area contributed by atoms with E-state index in [4.69, 9.17) is 4.74 Å². The Morgan fingerprint density at radius 2 is 1.55 bits per heavy atom. The van der Waals surface area contributed by atoms with Gasteiger partial charge in [-0.15, -0.1) is 0 Å². The van der Waals surface area contributed by atoms with Crippen molar-refractivity contribution in [1.29, 1.82) is 0 Å². The fourth-order valence-corrected chi connectivity index (χ4v) is 3.55. The zero-order chi connectivity index (χ0) is 23.6. The molecule has 0 bridgehead atoms. The molecule has 5 nitrogen and oxygen atoms in total. The highest BCUT2D eigenvalue weighted by atomic mass is 16.5. The molecule has 33 heavy (non-hydrogen) atoms. The highest BCUT2D eigenvalue weighted by Gasteiger charge is 2.18. The lowest BCUT2D eigenvalue weighted by Gasteiger charge is -2.15. The van der Waals surface area contributed by atoms with E-state index < -0.39 is 12.1 Å². The van der Waals surface area contributed by atoms with Gasteiger partial charge in [-0.2, -0.15) is 0 Å². The van der Waals surface area contributed by atoms with Crippen LogP contribution in [0.3, 0.4) is 0 Å². The minimum absolute atomic E-state index is 0.0944. The maximum atomic E-state index is 12.3. The Kier molecular flexibility index (Phi) is 8.42.